The molecule has 0 aliphatic carbocycles. The molecule has 0 heterocycles. The quantitative estimate of drug-likeness (QED) is 0.797. The second kappa shape index (κ2) is 6.64. The fraction of sp³-hybridized carbons (Fsp3) is 0.533. The molecule has 1 atom stereocenters. The number of halogens is 1. The van der Waals surface area contributed by atoms with Crippen LogP contribution in [0.15, 0.2) is 18.2 Å². The zero-order chi connectivity index (χ0) is 16.3. The number of carbonyl (C=O) groups excluding carboxylic acids is 1. The number of carbonyl (C=O) groups is 1. The summed E-state index contributed by atoms with van der Waals surface area (Å²) in [5.74, 6) is 0. The molecule has 0 fully saturated rings. The van der Waals surface area contributed by atoms with Gasteiger partial charge < -0.3 is 15.6 Å². The molecule has 0 bridgehead atoms. The van der Waals surface area contributed by atoms with Gasteiger partial charge in [-0.15, -0.1) is 0 Å². The number of ether oxygens (including phenoxy) is 1. The highest BCUT2D eigenvalue weighted by Crippen LogP contribution is 2.32. The van der Waals surface area contributed by atoms with Crippen LogP contribution in [0.5, 0.6) is 0 Å². The van der Waals surface area contributed by atoms with E-state index in [1.54, 1.807) is 39.0 Å². The van der Waals surface area contributed by atoms with E-state index in [0.29, 0.717) is 16.3 Å². The summed E-state index contributed by atoms with van der Waals surface area (Å²) in [4.78, 5) is 11.9. The van der Waals surface area contributed by atoms with Crippen molar-refractivity contribution < 1.29 is 14.6 Å². The van der Waals surface area contributed by atoms with Crippen LogP contribution in [0.25, 0.3) is 0 Å². The van der Waals surface area contributed by atoms with Crippen LogP contribution in [0.2, 0.25) is 5.02 Å². The maximum absolute atomic E-state index is 11.9. The zero-order valence-corrected chi connectivity index (χ0v) is 13.6. The van der Waals surface area contributed by atoms with Crippen molar-refractivity contribution in [3.05, 3.63) is 28.8 Å². The average molecular weight is 315 g/mol. The summed E-state index contributed by atoms with van der Waals surface area (Å²) in [5, 5.41) is 12.7. The molecule has 118 valence electrons. The number of nitrogens with two attached hydrogens (primary N) is 1. The lowest BCUT2D eigenvalue weighted by Gasteiger charge is -2.29. The standard InChI is InChI=1S/C15H23ClN2O3/c1-14(2,3)21-13(20)18-12-7-10(16)5-6-11(12)15(4,8-17)9-19/h5-7,19H,8-9,17H2,1-4H3,(H,18,20). The maximum atomic E-state index is 11.9. The van der Waals surface area contributed by atoms with Crippen LogP contribution in [0, 0.1) is 0 Å². The first-order chi connectivity index (χ1) is 9.61. The molecule has 0 radical (unpaired) electrons. The number of nitrogens with one attached hydrogen (secondary N) is 1. The Morgan fingerprint density at radius 1 is 1.38 bits per heavy atom. The molecule has 0 aliphatic rings. The van der Waals surface area contributed by atoms with Crippen molar-refractivity contribution in [2.75, 3.05) is 18.5 Å². The lowest BCUT2D eigenvalue weighted by molar-refractivity contribution is 0.0635. The second-order valence-electron chi connectivity index (χ2n) is 6.24. The maximum Gasteiger partial charge on any atom is 0.412 e. The second-order valence-corrected chi connectivity index (χ2v) is 6.68. The van der Waals surface area contributed by atoms with Gasteiger partial charge >= 0.3 is 6.09 Å². The van der Waals surface area contributed by atoms with Gasteiger partial charge in [0.2, 0.25) is 0 Å². The molecule has 0 spiro atoms. The fourth-order valence-electron chi connectivity index (χ4n) is 1.82. The van der Waals surface area contributed by atoms with E-state index >= 15 is 0 Å². The highest BCUT2D eigenvalue weighted by atomic mass is 35.5. The molecule has 1 aromatic carbocycles. The van der Waals surface area contributed by atoms with Gasteiger partial charge in [0.05, 0.1) is 6.61 Å². The minimum absolute atomic E-state index is 0.145. The highest BCUT2D eigenvalue weighted by molar-refractivity contribution is 6.31. The Hall–Kier alpha value is -1.30. The van der Waals surface area contributed by atoms with Crippen LogP contribution >= 0.6 is 11.6 Å². The number of aliphatic hydroxyl groups excluding tert-OH is 1. The van der Waals surface area contributed by atoms with Crippen molar-refractivity contribution in [3.63, 3.8) is 0 Å². The molecule has 1 unspecified atom stereocenters. The molecule has 0 aromatic heterocycles. The average Bonchev–Trinajstić information content (AvgIpc) is 2.35. The summed E-state index contributed by atoms with van der Waals surface area (Å²) in [5.41, 5.74) is 5.68. The Bertz CT molecular complexity index is 508. The molecule has 1 aromatic rings. The Balaban J connectivity index is 3.11. The lowest BCUT2D eigenvalue weighted by Crippen LogP contribution is -2.37. The topological polar surface area (TPSA) is 84.6 Å². The molecule has 0 saturated carbocycles. The third-order valence-electron chi connectivity index (χ3n) is 3.07. The molecule has 1 amide bonds. The molecule has 4 N–H and O–H groups in total. The van der Waals surface area contributed by atoms with Crippen LogP contribution in [0.1, 0.15) is 33.3 Å². The zero-order valence-electron chi connectivity index (χ0n) is 12.9. The van der Waals surface area contributed by atoms with Crippen molar-refractivity contribution in [2.45, 2.75) is 38.7 Å². The summed E-state index contributed by atoms with van der Waals surface area (Å²) >= 11 is 5.98. The van der Waals surface area contributed by atoms with Crippen molar-refractivity contribution in [1.82, 2.24) is 0 Å². The summed E-state index contributed by atoms with van der Waals surface area (Å²) < 4.78 is 5.23. The third kappa shape index (κ3) is 4.88. The minimum Gasteiger partial charge on any atom is -0.444 e. The highest BCUT2D eigenvalue weighted by Gasteiger charge is 2.28. The van der Waals surface area contributed by atoms with Gasteiger partial charge in [-0.3, -0.25) is 5.32 Å². The SMILES string of the molecule is CC(C)(C)OC(=O)Nc1cc(Cl)ccc1C(C)(CN)CO. The first kappa shape index (κ1) is 17.8. The van der Waals surface area contributed by atoms with Crippen molar-refractivity contribution in [1.29, 1.82) is 0 Å². The van der Waals surface area contributed by atoms with Crippen molar-refractivity contribution in [3.8, 4) is 0 Å². The van der Waals surface area contributed by atoms with Gasteiger partial charge in [-0.25, -0.2) is 4.79 Å². The van der Waals surface area contributed by atoms with Crippen LogP contribution in [0.3, 0.4) is 0 Å². The minimum atomic E-state index is -0.672. The smallest absolute Gasteiger partial charge is 0.412 e. The molecule has 0 aliphatic heterocycles. The van der Waals surface area contributed by atoms with E-state index in [4.69, 9.17) is 22.1 Å². The van der Waals surface area contributed by atoms with Crippen LogP contribution in [0.4, 0.5) is 10.5 Å². The first-order valence-corrected chi connectivity index (χ1v) is 7.10. The number of rotatable bonds is 4. The molecule has 21 heavy (non-hydrogen) atoms. The van der Waals surface area contributed by atoms with E-state index in [0.717, 1.165) is 0 Å². The first-order valence-electron chi connectivity index (χ1n) is 6.72. The van der Waals surface area contributed by atoms with Crippen molar-refractivity contribution in [2.24, 2.45) is 5.73 Å². The molecular weight excluding hydrogens is 292 g/mol. The Kier molecular flexibility index (Phi) is 5.61. The molecular formula is C15H23ClN2O3. The molecule has 0 saturated heterocycles. The fourth-order valence-corrected chi connectivity index (χ4v) is 1.99. The van der Waals surface area contributed by atoms with Gasteiger partial charge in [-0.05, 0) is 38.5 Å². The molecule has 6 heteroatoms. The van der Waals surface area contributed by atoms with Gasteiger partial charge in [-0.1, -0.05) is 24.6 Å². The van der Waals surface area contributed by atoms with Gasteiger partial charge in [0, 0.05) is 22.7 Å². The molecule has 5 nitrogen and oxygen atoms in total. The van der Waals surface area contributed by atoms with E-state index < -0.39 is 17.1 Å². The van der Waals surface area contributed by atoms with Crippen LogP contribution in [-0.2, 0) is 10.2 Å². The van der Waals surface area contributed by atoms with Gasteiger partial charge in [0.25, 0.3) is 0 Å². The van der Waals surface area contributed by atoms with Crippen LogP contribution in [-0.4, -0.2) is 30.0 Å². The van der Waals surface area contributed by atoms with E-state index in [2.05, 4.69) is 5.32 Å². The number of hydrogen-bond donors (Lipinski definition) is 3. The number of hydrogen-bond acceptors (Lipinski definition) is 4. The number of anilines is 1. The van der Waals surface area contributed by atoms with E-state index in [-0.39, 0.29) is 13.2 Å². The monoisotopic (exact) mass is 314 g/mol. The number of amides is 1. The van der Waals surface area contributed by atoms with E-state index in [9.17, 15) is 9.90 Å². The van der Waals surface area contributed by atoms with E-state index in [1.165, 1.54) is 0 Å². The summed E-state index contributed by atoms with van der Waals surface area (Å²) in [6, 6.07) is 5.06. The number of aliphatic hydroxyl groups is 1. The van der Waals surface area contributed by atoms with Crippen molar-refractivity contribution >= 4 is 23.4 Å². The number of benzene rings is 1. The van der Waals surface area contributed by atoms with Crippen LogP contribution < -0.4 is 11.1 Å². The summed E-state index contributed by atoms with van der Waals surface area (Å²) in [7, 11) is 0. The van der Waals surface area contributed by atoms with Gasteiger partial charge in [0.1, 0.15) is 5.60 Å². The van der Waals surface area contributed by atoms with Gasteiger partial charge in [0.15, 0.2) is 0 Å². The predicted octanol–water partition coefficient (Wildman–Crippen LogP) is 2.90. The Morgan fingerprint density at radius 3 is 2.48 bits per heavy atom. The largest absolute Gasteiger partial charge is 0.444 e. The Morgan fingerprint density at radius 2 is 2.00 bits per heavy atom. The summed E-state index contributed by atoms with van der Waals surface area (Å²) in [6.07, 6.45) is -0.580. The summed E-state index contributed by atoms with van der Waals surface area (Å²) in [6.45, 7) is 7.24. The normalized spacial score (nSPS) is 14.4. The third-order valence-corrected chi connectivity index (χ3v) is 3.30. The van der Waals surface area contributed by atoms with E-state index in [1.807, 2.05) is 6.92 Å². The predicted molar refractivity (Wildman–Crippen MR) is 84.8 cm³/mol. The van der Waals surface area contributed by atoms with Gasteiger partial charge in [-0.2, -0.15) is 0 Å². The lowest BCUT2D eigenvalue weighted by atomic mass is 9.82. The Labute approximate surface area is 130 Å². The molecule has 1 rings (SSSR count).